The molecule has 0 aliphatic rings. The fourth-order valence-corrected chi connectivity index (χ4v) is 9.72. The van der Waals surface area contributed by atoms with Crippen LogP contribution in [0, 0.1) is 0 Å². The first kappa shape index (κ1) is 25.7. The fourth-order valence-electron chi connectivity index (χ4n) is 5.31. The van der Waals surface area contributed by atoms with Crippen molar-refractivity contribution in [2.75, 3.05) is 18.0 Å². The molecule has 1 aromatic heterocycles. The molecular formula is C32H33N3O2P+. The Balaban J connectivity index is 1.27. The van der Waals surface area contributed by atoms with Crippen molar-refractivity contribution in [1.29, 1.82) is 0 Å². The van der Waals surface area contributed by atoms with Crippen LogP contribution < -0.4 is 32.3 Å². The topological polar surface area (TPSA) is 77.8 Å². The number of benzene rings is 4. The van der Waals surface area contributed by atoms with E-state index in [-0.39, 0.29) is 11.1 Å². The standard InChI is InChI=1S/C32H32N3O2P/c36-31-28-21-14-22-29(30(28)32(37)35-34-31)33-23-12-1-2-13-24-38(25-15-6-3-7-16-25,26-17-8-4-9-18-26)27-19-10-5-11-20-27/h3-11,14-22H,1-2,12-13,23-24H2,(H2-,33,34,35,36,37)/p+1. The van der Waals surface area contributed by atoms with Crippen LogP contribution in [0.2, 0.25) is 0 Å². The second-order valence-corrected chi connectivity index (χ2v) is 13.1. The number of H-pyrrole nitrogens is 2. The van der Waals surface area contributed by atoms with Crippen LogP contribution in [-0.2, 0) is 0 Å². The van der Waals surface area contributed by atoms with Gasteiger partial charge in [0.1, 0.15) is 23.2 Å². The fraction of sp³-hybridized carbons (Fsp3) is 0.188. The second kappa shape index (κ2) is 12.1. The van der Waals surface area contributed by atoms with Gasteiger partial charge in [0.05, 0.1) is 16.9 Å². The molecule has 6 heteroatoms. The van der Waals surface area contributed by atoms with Crippen molar-refractivity contribution in [2.45, 2.75) is 25.7 Å². The maximum absolute atomic E-state index is 12.3. The van der Waals surface area contributed by atoms with E-state index >= 15 is 0 Å². The van der Waals surface area contributed by atoms with Gasteiger partial charge in [-0.1, -0.05) is 67.1 Å². The van der Waals surface area contributed by atoms with Crippen molar-refractivity contribution in [3.8, 4) is 0 Å². The average Bonchev–Trinajstić information content (AvgIpc) is 2.98. The molecule has 0 saturated heterocycles. The summed E-state index contributed by atoms with van der Waals surface area (Å²) in [6.45, 7) is 0.752. The summed E-state index contributed by atoms with van der Waals surface area (Å²) in [7, 11) is -1.78. The largest absolute Gasteiger partial charge is 0.384 e. The minimum Gasteiger partial charge on any atom is -0.384 e. The number of nitrogens with one attached hydrogen (secondary N) is 3. The van der Waals surface area contributed by atoms with Gasteiger partial charge in [0.2, 0.25) is 0 Å². The van der Waals surface area contributed by atoms with E-state index < -0.39 is 7.26 Å². The number of unbranched alkanes of at least 4 members (excludes halogenated alkanes) is 3. The zero-order valence-electron chi connectivity index (χ0n) is 21.4. The summed E-state index contributed by atoms with van der Waals surface area (Å²) in [6.07, 6.45) is 5.47. The first-order chi connectivity index (χ1) is 18.7. The molecule has 5 nitrogen and oxygen atoms in total. The molecule has 0 unspecified atom stereocenters. The van der Waals surface area contributed by atoms with E-state index in [2.05, 4.69) is 107 Å². The molecule has 1 heterocycles. The minimum atomic E-state index is -1.78. The van der Waals surface area contributed by atoms with E-state index in [0.29, 0.717) is 16.5 Å². The van der Waals surface area contributed by atoms with Gasteiger partial charge in [-0.3, -0.25) is 19.8 Å². The highest BCUT2D eigenvalue weighted by Crippen LogP contribution is 2.55. The third-order valence-corrected chi connectivity index (χ3v) is 11.7. The Labute approximate surface area is 223 Å². The molecule has 0 saturated carbocycles. The van der Waals surface area contributed by atoms with Crippen LogP contribution in [-0.4, -0.2) is 22.9 Å². The van der Waals surface area contributed by atoms with E-state index in [4.69, 9.17) is 0 Å². The zero-order valence-corrected chi connectivity index (χ0v) is 22.3. The molecule has 4 aromatic carbocycles. The second-order valence-electron chi connectivity index (χ2n) is 9.52. The van der Waals surface area contributed by atoms with Crippen molar-refractivity contribution >= 4 is 39.6 Å². The maximum Gasteiger partial charge on any atom is 0.272 e. The molecular weight excluding hydrogens is 489 g/mol. The van der Waals surface area contributed by atoms with E-state index in [9.17, 15) is 9.59 Å². The number of aromatic nitrogens is 2. The molecule has 3 N–H and O–H groups in total. The molecule has 38 heavy (non-hydrogen) atoms. The average molecular weight is 523 g/mol. The molecule has 5 rings (SSSR count). The maximum atomic E-state index is 12.3. The predicted molar refractivity (Wildman–Crippen MR) is 162 cm³/mol. The third-order valence-electron chi connectivity index (χ3n) is 7.15. The van der Waals surface area contributed by atoms with Crippen molar-refractivity contribution in [2.24, 2.45) is 0 Å². The molecule has 5 aromatic rings. The predicted octanol–water partition coefficient (Wildman–Crippen LogP) is 5.18. The molecule has 0 amide bonds. The molecule has 192 valence electrons. The molecule has 0 aliphatic carbocycles. The summed E-state index contributed by atoms with van der Waals surface area (Å²) in [5, 5.41) is 13.3. The molecule has 0 fully saturated rings. The van der Waals surface area contributed by atoms with Gasteiger partial charge in [-0.05, 0) is 67.8 Å². The smallest absolute Gasteiger partial charge is 0.272 e. The summed E-state index contributed by atoms with van der Waals surface area (Å²) in [6, 6.07) is 38.4. The van der Waals surface area contributed by atoms with Gasteiger partial charge >= 0.3 is 0 Å². The quantitative estimate of drug-likeness (QED) is 0.165. The first-order valence-electron chi connectivity index (χ1n) is 13.2. The first-order valence-corrected chi connectivity index (χ1v) is 15.2. The lowest BCUT2D eigenvalue weighted by Gasteiger charge is -2.27. The van der Waals surface area contributed by atoms with E-state index in [0.717, 1.165) is 38.4 Å². The number of rotatable bonds is 11. The third kappa shape index (κ3) is 5.34. The summed E-state index contributed by atoms with van der Waals surface area (Å²) in [5.41, 5.74) is 0.132. The molecule has 0 aliphatic heterocycles. The lowest BCUT2D eigenvalue weighted by molar-refractivity contribution is 0.688. The van der Waals surface area contributed by atoms with Crippen LogP contribution in [0.4, 0.5) is 5.69 Å². The van der Waals surface area contributed by atoms with Crippen LogP contribution in [0.25, 0.3) is 10.8 Å². The monoisotopic (exact) mass is 522 g/mol. The van der Waals surface area contributed by atoms with Crippen LogP contribution in [0.3, 0.4) is 0 Å². The van der Waals surface area contributed by atoms with Crippen LogP contribution in [0.5, 0.6) is 0 Å². The molecule has 0 radical (unpaired) electrons. The number of hydrogen-bond donors (Lipinski definition) is 3. The highest BCUT2D eigenvalue weighted by Gasteiger charge is 2.44. The van der Waals surface area contributed by atoms with Crippen LogP contribution in [0.15, 0.2) is 119 Å². The van der Waals surface area contributed by atoms with Gasteiger partial charge in [-0.2, -0.15) is 0 Å². The van der Waals surface area contributed by atoms with Gasteiger partial charge in [0.25, 0.3) is 11.1 Å². The van der Waals surface area contributed by atoms with Crippen LogP contribution >= 0.6 is 7.26 Å². The Morgan fingerprint density at radius 3 is 1.66 bits per heavy atom. The molecule has 0 spiro atoms. The molecule has 0 bridgehead atoms. The lowest BCUT2D eigenvalue weighted by atomic mass is 10.1. The summed E-state index contributed by atoms with van der Waals surface area (Å²) >= 11 is 0. The normalized spacial score (nSPS) is 11.5. The van der Waals surface area contributed by atoms with Gasteiger partial charge in [-0.15, -0.1) is 0 Å². The zero-order chi connectivity index (χ0) is 26.2. The highest BCUT2D eigenvalue weighted by molar-refractivity contribution is 7.95. The Morgan fingerprint density at radius 2 is 1.08 bits per heavy atom. The number of hydrogen-bond acceptors (Lipinski definition) is 3. The summed E-state index contributed by atoms with van der Waals surface area (Å²) in [5.74, 6) is 0. The van der Waals surface area contributed by atoms with E-state index in [1.165, 1.54) is 15.9 Å². The van der Waals surface area contributed by atoms with E-state index in [1.54, 1.807) is 12.1 Å². The van der Waals surface area contributed by atoms with Crippen molar-refractivity contribution in [3.63, 3.8) is 0 Å². The van der Waals surface area contributed by atoms with Crippen molar-refractivity contribution < 1.29 is 0 Å². The van der Waals surface area contributed by atoms with Crippen molar-refractivity contribution in [3.05, 3.63) is 130 Å². The Morgan fingerprint density at radius 1 is 0.553 bits per heavy atom. The van der Waals surface area contributed by atoms with Crippen LogP contribution in [0.1, 0.15) is 25.7 Å². The summed E-state index contributed by atoms with van der Waals surface area (Å²) in [4.78, 5) is 24.4. The van der Waals surface area contributed by atoms with Gasteiger partial charge in [0, 0.05) is 12.2 Å². The number of fused-ring (bicyclic) bond motifs is 1. The van der Waals surface area contributed by atoms with Gasteiger partial charge in [0.15, 0.2) is 0 Å². The molecule has 0 atom stereocenters. The summed E-state index contributed by atoms with van der Waals surface area (Å²) < 4.78 is 0. The van der Waals surface area contributed by atoms with Gasteiger partial charge < -0.3 is 5.32 Å². The lowest BCUT2D eigenvalue weighted by Crippen LogP contribution is -2.33. The Bertz CT molecular complexity index is 1490. The SMILES string of the molecule is O=c1[nH][nH]c(=O)c2c(NCCCCCC[P+](c3ccccc3)(c3ccccc3)c3ccccc3)cccc12. The Hall–Kier alpha value is -3.95. The Kier molecular flexibility index (Phi) is 8.15. The minimum absolute atomic E-state index is 0.286. The van der Waals surface area contributed by atoms with Crippen molar-refractivity contribution in [1.82, 2.24) is 10.2 Å². The van der Waals surface area contributed by atoms with Gasteiger partial charge in [-0.25, -0.2) is 0 Å². The van der Waals surface area contributed by atoms with E-state index in [1.807, 2.05) is 6.07 Å². The number of anilines is 1. The number of aromatic amines is 2. The highest BCUT2D eigenvalue weighted by atomic mass is 31.2.